The SMILES string of the molecule is Cc1cc(Br)cc(CNC2CCCCCC2)c1. The maximum Gasteiger partial charge on any atom is 0.0208 e. The van der Waals surface area contributed by atoms with Gasteiger partial charge < -0.3 is 5.32 Å². The second kappa shape index (κ2) is 6.55. The molecule has 1 saturated carbocycles. The van der Waals surface area contributed by atoms with E-state index >= 15 is 0 Å². The normalized spacial score (nSPS) is 18.0. The van der Waals surface area contributed by atoms with Crippen molar-refractivity contribution < 1.29 is 0 Å². The van der Waals surface area contributed by atoms with E-state index in [1.807, 2.05) is 0 Å². The fraction of sp³-hybridized carbons (Fsp3) is 0.600. The number of hydrogen-bond acceptors (Lipinski definition) is 1. The van der Waals surface area contributed by atoms with Gasteiger partial charge in [0.05, 0.1) is 0 Å². The summed E-state index contributed by atoms with van der Waals surface area (Å²) in [7, 11) is 0. The quantitative estimate of drug-likeness (QED) is 0.806. The van der Waals surface area contributed by atoms with E-state index in [1.54, 1.807) is 0 Å². The molecule has 1 N–H and O–H groups in total. The van der Waals surface area contributed by atoms with Gasteiger partial charge in [0.15, 0.2) is 0 Å². The van der Waals surface area contributed by atoms with Gasteiger partial charge in [-0.2, -0.15) is 0 Å². The van der Waals surface area contributed by atoms with Crippen molar-refractivity contribution in [2.75, 3.05) is 0 Å². The molecule has 2 heteroatoms. The van der Waals surface area contributed by atoms with Crippen LogP contribution in [0.5, 0.6) is 0 Å². The fourth-order valence-corrected chi connectivity index (χ4v) is 3.31. The van der Waals surface area contributed by atoms with Crippen molar-refractivity contribution in [3.63, 3.8) is 0 Å². The van der Waals surface area contributed by atoms with E-state index in [0.29, 0.717) is 0 Å². The lowest BCUT2D eigenvalue weighted by atomic mass is 10.1. The van der Waals surface area contributed by atoms with E-state index in [0.717, 1.165) is 12.6 Å². The molecule has 1 aromatic rings. The lowest BCUT2D eigenvalue weighted by Crippen LogP contribution is -2.27. The first-order valence-corrected chi connectivity index (χ1v) is 7.53. The Morgan fingerprint density at radius 3 is 2.47 bits per heavy atom. The molecule has 2 rings (SSSR count). The van der Waals surface area contributed by atoms with Crippen LogP contribution < -0.4 is 5.32 Å². The Labute approximate surface area is 113 Å². The first kappa shape index (κ1) is 13.1. The van der Waals surface area contributed by atoms with Gasteiger partial charge >= 0.3 is 0 Å². The molecule has 1 aliphatic carbocycles. The molecule has 0 heterocycles. The zero-order valence-corrected chi connectivity index (χ0v) is 12.2. The molecule has 0 aromatic heterocycles. The van der Waals surface area contributed by atoms with Gasteiger partial charge in [-0.15, -0.1) is 0 Å². The molecule has 1 fully saturated rings. The zero-order chi connectivity index (χ0) is 12.1. The van der Waals surface area contributed by atoms with Gasteiger partial charge in [0.25, 0.3) is 0 Å². The summed E-state index contributed by atoms with van der Waals surface area (Å²) in [6.45, 7) is 3.16. The van der Waals surface area contributed by atoms with E-state index in [1.165, 1.54) is 54.1 Å². The average molecular weight is 296 g/mol. The van der Waals surface area contributed by atoms with Crippen molar-refractivity contribution in [1.82, 2.24) is 5.32 Å². The van der Waals surface area contributed by atoms with Crippen LogP contribution in [-0.4, -0.2) is 6.04 Å². The predicted octanol–water partition coefficient (Wildman–Crippen LogP) is 4.57. The fourth-order valence-electron chi connectivity index (χ4n) is 2.66. The molecule has 0 bridgehead atoms. The largest absolute Gasteiger partial charge is 0.310 e. The van der Waals surface area contributed by atoms with Crippen LogP contribution in [0, 0.1) is 6.92 Å². The standard InChI is InChI=1S/C15H22BrN/c1-12-8-13(10-14(16)9-12)11-17-15-6-4-2-3-5-7-15/h8-10,15,17H,2-7,11H2,1H3. The Kier molecular flexibility index (Phi) is 5.05. The summed E-state index contributed by atoms with van der Waals surface area (Å²) in [6, 6.07) is 7.39. The summed E-state index contributed by atoms with van der Waals surface area (Å²) in [5.74, 6) is 0. The molecular weight excluding hydrogens is 274 g/mol. The molecule has 94 valence electrons. The summed E-state index contributed by atoms with van der Waals surface area (Å²) in [4.78, 5) is 0. The van der Waals surface area contributed by atoms with Crippen LogP contribution in [0.3, 0.4) is 0 Å². The molecule has 17 heavy (non-hydrogen) atoms. The van der Waals surface area contributed by atoms with E-state index in [9.17, 15) is 0 Å². The van der Waals surface area contributed by atoms with Gasteiger partial charge in [-0.05, 0) is 43.0 Å². The Balaban J connectivity index is 1.87. The molecular formula is C15H22BrN. The molecule has 1 aliphatic rings. The zero-order valence-electron chi connectivity index (χ0n) is 10.6. The van der Waals surface area contributed by atoms with Crippen LogP contribution in [0.4, 0.5) is 0 Å². The predicted molar refractivity (Wildman–Crippen MR) is 77.2 cm³/mol. The number of halogens is 1. The van der Waals surface area contributed by atoms with Gasteiger partial charge in [0, 0.05) is 17.1 Å². The van der Waals surface area contributed by atoms with Crippen LogP contribution in [-0.2, 0) is 6.54 Å². The maximum atomic E-state index is 3.71. The molecule has 0 saturated heterocycles. The van der Waals surface area contributed by atoms with Crippen molar-refractivity contribution in [2.24, 2.45) is 0 Å². The van der Waals surface area contributed by atoms with Crippen molar-refractivity contribution in [1.29, 1.82) is 0 Å². The lowest BCUT2D eigenvalue weighted by Gasteiger charge is -2.16. The maximum absolute atomic E-state index is 3.71. The second-order valence-electron chi connectivity index (χ2n) is 5.21. The molecule has 0 radical (unpaired) electrons. The smallest absolute Gasteiger partial charge is 0.0208 e. The van der Waals surface area contributed by atoms with Crippen LogP contribution in [0.1, 0.15) is 49.7 Å². The highest BCUT2D eigenvalue weighted by molar-refractivity contribution is 9.10. The highest BCUT2D eigenvalue weighted by Crippen LogP contribution is 2.19. The van der Waals surface area contributed by atoms with Crippen molar-refractivity contribution in [3.05, 3.63) is 33.8 Å². The third-order valence-electron chi connectivity index (χ3n) is 3.55. The third kappa shape index (κ3) is 4.44. The Bertz CT molecular complexity index is 334. The van der Waals surface area contributed by atoms with Gasteiger partial charge in [0.2, 0.25) is 0 Å². The van der Waals surface area contributed by atoms with Gasteiger partial charge in [0.1, 0.15) is 0 Å². The second-order valence-corrected chi connectivity index (χ2v) is 6.12. The Hall–Kier alpha value is -0.340. The van der Waals surface area contributed by atoms with E-state index in [-0.39, 0.29) is 0 Å². The molecule has 1 aromatic carbocycles. The van der Waals surface area contributed by atoms with Gasteiger partial charge in [-0.3, -0.25) is 0 Å². The van der Waals surface area contributed by atoms with E-state index in [4.69, 9.17) is 0 Å². The number of benzene rings is 1. The van der Waals surface area contributed by atoms with E-state index in [2.05, 4.69) is 46.4 Å². The summed E-state index contributed by atoms with van der Waals surface area (Å²) >= 11 is 3.56. The minimum atomic E-state index is 0.733. The van der Waals surface area contributed by atoms with E-state index < -0.39 is 0 Å². The lowest BCUT2D eigenvalue weighted by molar-refractivity contribution is 0.459. The van der Waals surface area contributed by atoms with Crippen LogP contribution in [0.15, 0.2) is 22.7 Å². The van der Waals surface area contributed by atoms with Gasteiger partial charge in [-0.1, -0.05) is 47.7 Å². The van der Waals surface area contributed by atoms with Crippen molar-refractivity contribution in [2.45, 2.75) is 58.0 Å². The molecule has 0 atom stereocenters. The Morgan fingerprint density at radius 2 is 1.82 bits per heavy atom. The van der Waals surface area contributed by atoms with Gasteiger partial charge in [-0.25, -0.2) is 0 Å². The number of aryl methyl sites for hydroxylation is 1. The summed E-state index contributed by atoms with van der Waals surface area (Å²) in [5.41, 5.74) is 2.72. The highest BCUT2D eigenvalue weighted by atomic mass is 79.9. The number of rotatable bonds is 3. The van der Waals surface area contributed by atoms with Crippen LogP contribution in [0.2, 0.25) is 0 Å². The third-order valence-corrected chi connectivity index (χ3v) is 4.01. The summed E-state index contributed by atoms with van der Waals surface area (Å²) in [6.07, 6.45) is 8.35. The van der Waals surface area contributed by atoms with Crippen LogP contribution in [0.25, 0.3) is 0 Å². The first-order valence-electron chi connectivity index (χ1n) is 6.73. The van der Waals surface area contributed by atoms with Crippen molar-refractivity contribution in [3.8, 4) is 0 Å². The molecule has 0 unspecified atom stereocenters. The molecule has 0 aliphatic heterocycles. The monoisotopic (exact) mass is 295 g/mol. The minimum Gasteiger partial charge on any atom is -0.310 e. The minimum absolute atomic E-state index is 0.733. The highest BCUT2D eigenvalue weighted by Gasteiger charge is 2.11. The molecule has 1 nitrogen and oxygen atoms in total. The summed E-state index contributed by atoms with van der Waals surface area (Å²) < 4.78 is 1.19. The topological polar surface area (TPSA) is 12.0 Å². The Morgan fingerprint density at radius 1 is 1.12 bits per heavy atom. The number of hydrogen-bond donors (Lipinski definition) is 1. The van der Waals surface area contributed by atoms with Crippen LogP contribution >= 0.6 is 15.9 Å². The number of nitrogens with one attached hydrogen (secondary N) is 1. The summed E-state index contributed by atoms with van der Waals surface area (Å²) in [5, 5.41) is 3.71. The van der Waals surface area contributed by atoms with Crippen molar-refractivity contribution >= 4 is 15.9 Å². The molecule has 0 amide bonds. The average Bonchev–Trinajstić information content (AvgIpc) is 2.53. The molecule has 0 spiro atoms. The first-order chi connectivity index (χ1) is 8.24.